The fourth-order valence-electron chi connectivity index (χ4n) is 2.58. The minimum absolute atomic E-state index is 0.0127. The van der Waals surface area contributed by atoms with Gasteiger partial charge in [0, 0.05) is 30.6 Å². The summed E-state index contributed by atoms with van der Waals surface area (Å²) in [5.41, 5.74) is 0.737. The zero-order valence-electron chi connectivity index (χ0n) is 12.1. The van der Waals surface area contributed by atoms with E-state index in [2.05, 4.69) is 10.3 Å². The molecule has 1 aliphatic rings. The van der Waals surface area contributed by atoms with Crippen LogP contribution in [-0.4, -0.2) is 34.8 Å². The Kier molecular flexibility index (Phi) is 4.48. The molecule has 1 saturated heterocycles. The Bertz CT molecular complexity index is 635. The number of pyridine rings is 1. The van der Waals surface area contributed by atoms with E-state index in [0.717, 1.165) is 5.56 Å². The van der Waals surface area contributed by atoms with Crippen LogP contribution < -0.4 is 5.32 Å². The summed E-state index contributed by atoms with van der Waals surface area (Å²) < 4.78 is 0. The lowest BCUT2D eigenvalue weighted by Crippen LogP contribution is -2.41. The fourth-order valence-corrected chi connectivity index (χ4v) is 3.21. The maximum Gasteiger partial charge on any atom is 0.254 e. The van der Waals surface area contributed by atoms with Crippen molar-refractivity contribution in [3.8, 4) is 0 Å². The number of amides is 2. The first kappa shape index (κ1) is 14.7. The second-order valence-corrected chi connectivity index (χ2v) is 6.06. The number of anilines is 1. The van der Waals surface area contributed by atoms with Crippen LogP contribution in [0.5, 0.6) is 0 Å². The first-order valence-electron chi connectivity index (χ1n) is 7.27. The molecular weight excluding hydrogens is 298 g/mol. The van der Waals surface area contributed by atoms with Gasteiger partial charge in [0.1, 0.15) is 5.82 Å². The van der Waals surface area contributed by atoms with E-state index in [1.165, 1.54) is 11.3 Å². The van der Waals surface area contributed by atoms with E-state index >= 15 is 0 Å². The van der Waals surface area contributed by atoms with Crippen LogP contribution in [0.3, 0.4) is 0 Å². The number of piperidine rings is 1. The van der Waals surface area contributed by atoms with Crippen molar-refractivity contribution in [1.29, 1.82) is 0 Å². The van der Waals surface area contributed by atoms with Gasteiger partial charge in [0.2, 0.25) is 5.91 Å². The normalized spacial score (nSPS) is 15.5. The topological polar surface area (TPSA) is 62.3 Å². The molecule has 0 saturated carbocycles. The number of rotatable bonds is 3. The monoisotopic (exact) mass is 315 g/mol. The van der Waals surface area contributed by atoms with E-state index in [4.69, 9.17) is 0 Å². The van der Waals surface area contributed by atoms with Crippen molar-refractivity contribution in [3.63, 3.8) is 0 Å². The highest BCUT2D eigenvalue weighted by Gasteiger charge is 2.28. The molecule has 2 amide bonds. The molecule has 1 aliphatic heterocycles. The average molecular weight is 315 g/mol. The van der Waals surface area contributed by atoms with Gasteiger partial charge in [-0.25, -0.2) is 4.98 Å². The third-order valence-corrected chi connectivity index (χ3v) is 4.52. The number of thiophene rings is 1. The Balaban J connectivity index is 1.53. The predicted octanol–water partition coefficient (Wildman–Crippen LogP) is 2.63. The van der Waals surface area contributed by atoms with E-state index in [1.807, 2.05) is 33.9 Å². The van der Waals surface area contributed by atoms with E-state index in [0.29, 0.717) is 31.7 Å². The number of nitrogens with one attached hydrogen (secondary N) is 1. The van der Waals surface area contributed by atoms with Gasteiger partial charge in [0.05, 0.1) is 5.56 Å². The molecule has 22 heavy (non-hydrogen) atoms. The summed E-state index contributed by atoms with van der Waals surface area (Å²) in [5.74, 6) is 0.559. The second-order valence-electron chi connectivity index (χ2n) is 5.28. The van der Waals surface area contributed by atoms with Gasteiger partial charge < -0.3 is 10.2 Å². The lowest BCUT2D eigenvalue weighted by atomic mass is 9.95. The first-order valence-corrected chi connectivity index (χ1v) is 8.21. The number of carbonyl (C=O) groups is 2. The standard InChI is InChI=1S/C16H17N3O2S/c20-15(18-14-3-1-2-7-17-14)12-4-8-19(9-5-12)16(21)13-6-10-22-11-13/h1-3,6-7,10-12H,4-5,8-9H2,(H,17,18,20). The van der Waals surface area contributed by atoms with E-state index in [9.17, 15) is 9.59 Å². The molecule has 5 nitrogen and oxygen atoms in total. The Morgan fingerprint density at radius 2 is 2.05 bits per heavy atom. The third-order valence-electron chi connectivity index (χ3n) is 3.84. The van der Waals surface area contributed by atoms with E-state index in [-0.39, 0.29) is 17.7 Å². The first-order chi connectivity index (χ1) is 10.7. The van der Waals surface area contributed by atoms with Crippen LogP contribution in [0.15, 0.2) is 41.2 Å². The van der Waals surface area contributed by atoms with Crippen molar-refractivity contribution in [2.24, 2.45) is 5.92 Å². The summed E-state index contributed by atoms with van der Waals surface area (Å²) in [5, 5.41) is 6.60. The zero-order chi connectivity index (χ0) is 15.4. The van der Waals surface area contributed by atoms with Crippen molar-refractivity contribution in [2.45, 2.75) is 12.8 Å². The maximum atomic E-state index is 12.3. The molecule has 1 fully saturated rings. The molecule has 114 valence electrons. The van der Waals surface area contributed by atoms with Crippen LogP contribution in [0.4, 0.5) is 5.82 Å². The van der Waals surface area contributed by atoms with Gasteiger partial charge in [0.15, 0.2) is 0 Å². The largest absolute Gasteiger partial charge is 0.339 e. The van der Waals surface area contributed by atoms with Gasteiger partial charge in [-0.3, -0.25) is 9.59 Å². The summed E-state index contributed by atoms with van der Waals surface area (Å²) >= 11 is 1.52. The summed E-state index contributed by atoms with van der Waals surface area (Å²) in [4.78, 5) is 30.4. The number of aromatic nitrogens is 1. The Hall–Kier alpha value is -2.21. The zero-order valence-corrected chi connectivity index (χ0v) is 12.9. The maximum absolute atomic E-state index is 12.3. The Morgan fingerprint density at radius 3 is 2.68 bits per heavy atom. The number of nitrogens with zero attached hydrogens (tertiary/aromatic N) is 2. The third kappa shape index (κ3) is 3.33. The van der Waals surface area contributed by atoms with Gasteiger partial charge in [0.25, 0.3) is 5.91 Å². The Labute approximate surface area is 133 Å². The molecule has 2 aromatic rings. The highest BCUT2D eigenvalue weighted by molar-refractivity contribution is 7.08. The van der Waals surface area contributed by atoms with Crippen LogP contribution in [-0.2, 0) is 4.79 Å². The Morgan fingerprint density at radius 1 is 1.23 bits per heavy atom. The van der Waals surface area contributed by atoms with Crippen LogP contribution >= 0.6 is 11.3 Å². The van der Waals surface area contributed by atoms with Crippen molar-refractivity contribution in [2.75, 3.05) is 18.4 Å². The van der Waals surface area contributed by atoms with Gasteiger partial charge in [-0.2, -0.15) is 11.3 Å². The molecule has 0 aromatic carbocycles. The van der Waals surface area contributed by atoms with Crippen molar-refractivity contribution >= 4 is 29.0 Å². The quantitative estimate of drug-likeness (QED) is 0.947. The lowest BCUT2D eigenvalue weighted by Gasteiger charge is -2.31. The molecule has 3 heterocycles. The molecule has 2 aromatic heterocycles. The highest BCUT2D eigenvalue weighted by Crippen LogP contribution is 2.21. The molecule has 0 aliphatic carbocycles. The van der Waals surface area contributed by atoms with E-state index in [1.54, 1.807) is 12.3 Å². The SMILES string of the molecule is O=C(Nc1ccccn1)C1CCN(C(=O)c2ccsc2)CC1. The molecule has 3 rings (SSSR count). The minimum atomic E-state index is -0.0615. The molecule has 6 heteroatoms. The van der Waals surface area contributed by atoms with E-state index < -0.39 is 0 Å². The van der Waals surface area contributed by atoms with Gasteiger partial charge in [-0.05, 0) is 36.4 Å². The van der Waals surface area contributed by atoms with Crippen molar-refractivity contribution < 1.29 is 9.59 Å². The van der Waals surface area contributed by atoms with Crippen LogP contribution in [0.1, 0.15) is 23.2 Å². The fraction of sp³-hybridized carbons (Fsp3) is 0.312. The van der Waals surface area contributed by atoms with Gasteiger partial charge in [-0.1, -0.05) is 6.07 Å². The second kappa shape index (κ2) is 6.70. The molecule has 0 unspecified atom stereocenters. The molecule has 0 radical (unpaired) electrons. The summed E-state index contributed by atoms with van der Waals surface area (Å²) in [7, 11) is 0. The molecule has 0 spiro atoms. The number of likely N-dealkylation sites (tertiary alicyclic amines) is 1. The van der Waals surface area contributed by atoms with Crippen LogP contribution in [0.25, 0.3) is 0 Å². The average Bonchev–Trinajstić information content (AvgIpc) is 3.10. The highest BCUT2D eigenvalue weighted by atomic mass is 32.1. The van der Waals surface area contributed by atoms with Crippen molar-refractivity contribution in [1.82, 2.24) is 9.88 Å². The van der Waals surface area contributed by atoms with Crippen LogP contribution in [0, 0.1) is 5.92 Å². The predicted molar refractivity (Wildman–Crippen MR) is 85.8 cm³/mol. The summed E-state index contributed by atoms with van der Waals surface area (Å²) in [6.45, 7) is 1.24. The van der Waals surface area contributed by atoms with Gasteiger partial charge in [-0.15, -0.1) is 0 Å². The molecular formula is C16H17N3O2S. The lowest BCUT2D eigenvalue weighted by molar-refractivity contribution is -0.121. The minimum Gasteiger partial charge on any atom is -0.339 e. The molecule has 1 N–H and O–H groups in total. The van der Waals surface area contributed by atoms with Crippen LogP contribution in [0.2, 0.25) is 0 Å². The number of hydrogen-bond donors (Lipinski definition) is 1. The molecule has 0 atom stereocenters. The smallest absolute Gasteiger partial charge is 0.254 e. The van der Waals surface area contributed by atoms with Crippen molar-refractivity contribution in [3.05, 3.63) is 46.8 Å². The number of hydrogen-bond acceptors (Lipinski definition) is 4. The summed E-state index contributed by atoms with van der Waals surface area (Å²) in [6, 6.07) is 7.26. The number of carbonyl (C=O) groups excluding carboxylic acids is 2. The van der Waals surface area contributed by atoms with Gasteiger partial charge >= 0.3 is 0 Å². The molecule has 0 bridgehead atoms. The summed E-state index contributed by atoms with van der Waals surface area (Å²) in [6.07, 6.45) is 3.03.